The fourth-order valence-corrected chi connectivity index (χ4v) is 8.65. The highest BCUT2D eigenvalue weighted by atomic mass is 32.2. The van der Waals surface area contributed by atoms with E-state index in [1.165, 1.54) is 16.7 Å². The number of ether oxygens (including phenoxy) is 3. The smallest absolute Gasteiger partial charge is 0.305 e. The van der Waals surface area contributed by atoms with E-state index in [2.05, 4.69) is 10.3 Å². The number of hydrogen-bond acceptors (Lipinski definition) is 9. The minimum atomic E-state index is -0.763. The maximum absolute atomic E-state index is 14.1. The number of hydrogen-bond donors (Lipinski definition) is 2. The normalized spacial score (nSPS) is 18.5. The molecule has 0 bridgehead atoms. The number of thioether (sulfide) groups is 1. The summed E-state index contributed by atoms with van der Waals surface area (Å²) in [6.07, 6.45) is 0. The zero-order chi connectivity index (χ0) is 32.7. The second-order valence-electron chi connectivity index (χ2n) is 11.0. The number of thiazole rings is 1. The van der Waals surface area contributed by atoms with Crippen LogP contribution in [-0.4, -0.2) is 48.3 Å². The number of aromatic nitrogens is 1. The van der Waals surface area contributed by atoms with Crippen LogP contribution in [0.3, 0.4) is 0 Å². The summed E-state index contributed by atoms with van der Waals surface area (Å²) >= 11 is 2.24. The number of benzene rings is 4. The van der Waals surface area contributed by atoms with E-state index in [9.17, 15) is 19.2 Å². The van der Waals surface area contributed by atoms with Gasteiger partial charge in [-0.1, -0.05) is 65.6 Å². The Morgan fingerprint density at radius 3 is 2.49 bits per heavy atom. The lowest BCUT2D eigenvalue weighted by Gasteiger charge is -2.30. The van der Waals surface area contributed by atoms with Crippen LogP contribution >= 0.6 is 23.1 Å². The molecule has 10 nitrogen and oxygen atoms in total. The van der Waals surface area contributed by atoms with Gasteiger partial charge in [0.05, 0.1) is 30.3 Å². The molecule has 3 amide bonds. The number of carbonyl (C=O) groups is 3. The Morgan fingerprint density at radius 2 is 1.70 bits per heavy atom. The summed E-state index contributed by atoms with van der Waals surface area (Å²) in [4.78, 5) is 57.8. The lowest BCUT2D eigenvalue weighted by Crippen LogP contribution is -2.32. The van der Waals surface area contributed by atoms with Crippen LogP contribution in [0.15, 0.2) is 94.7 Å². The molecular weight excluding hydrogens is 639 g/mol. The van der Waals surface area contributed by atoms with Gasteiger partial charge in [-0.05, 0) is 60.3 Å². The Morgan fingerprint density at radius 1 is 0.915 bits per heavy atom. The van der Waals surface area contributed by atoms with E-state index in [0.29, 0.717) is 50.7 Å². The fraction of sp³-hybridized carbons (Fsp3) is 0.200. The number of fused-ring (bicyclic) bond motifs is 3. The number of rotatable bonds is 9. The molecule has 0 saturated carbocycles. The number of nitrogens with zero attached hydrogens (tertiary/aromatic N) is 1. The Balaban J connectivity index is 1.17. The zero-order valence-electron chi connectivity index (χ0n) is 25.4. The highest BCUT2D eigenvalue weighted by Gasteiger charge is 2.56. The second-order valence-corrected chi connectivity index (χ2v) is 13.1. The van der Waals surface area contributed by atoms with E-state index < -0.39 is 17.1 Å². The van der Waals surface area contributed by atoms with Gasteiger partial charge in [-0.15, -0.1) is 0 Å². The van der Waals surface area contributed by atoms with Crippen molar-refractivity contribution in [3.05, 3.63) is 105 Å². The molecule has 5 aromatic rings. The molecule has 0 spiro atoms. The quantitative estimate of drug-likeness (QED) is 0.189. The van der Waals surface area contributed by atoms with Gasteiger partial charge in [-0.25, -0.2) is 4.90 Å². The number of methoxy groups -OCH3 is 1. The molecule has 238 valence electrons. The third kappa shape index (κ3) is 5.63. The summed E-state index contributed by atoms with van der Waals surface area (Å²) < 4.78 is 17.1. The summed E-state index contributed by atoms with van der Waals surface area (Å²) in [6.45, 7) is 1.89. The van der Waals surface area contributed by atoms with Crippen molar-refractivity contribution in [1.29, 1.82) is 0 Å². The Hall–Kier alpha value is -5.07. The summed E-state index contributed by atoms with van der Waals surface area (Å²) in [5.74, 6) is -1.06. The lowest BCUT2D eigenvalue weighted by molar-refractivity contribution is -0.122. The second kappa shape index (κ2) is 12.6. The standard InChI is InChI=1S/C35H29N3O7S2/c1-3-44-26-17-20(11-16-25(26)45-18-27(39)36-24-10-6-8-19-7-4-5-9-23(19)24)28-29-31(46-32-30(28)47-35(42)37-32)34(41)38(33(29)40)21-12-14-22(43-2)15-13-21/h4-17,28-29,31H,3,18H2,1-2H3,(H,36,39)(H,37,42)/t28-,29-,31+/m0/s1. The molecule has 1 saturated heterocycles. The van der Waals surface area contributed by atoms with E-state index in [4.69, 9.17) is 14.2 Å². The molecule has 1 fully saturated rings. The third-order valence-corrected chi connectivity index (χ3v) is 10.6. The number of anilines is 2. The van der Waals surface area contributed by atoms with Crippen molar-refractivity contribution in [2.24, 2.45) is 5.92 Å². The highest BCUT2D eigenvalue weighted by molar-refractivity contribution is 8.00. The maximum atomic E-state index is 14.1. The minimum absolute atomic E-state index is 0.262. The first-order valence-electron chi connectivity index (χ1n) is 14.9. The third-order valence-electron chi connectivity index (χ3n) is 8.20. The van der Waals surface area contributed by atoms with E-state index in [0.717, 1.165) is 22.1 Å². The number of imide groups is 1. The molecule has 0 radical (unpaired) electrons. The van der Waals surface area contributed by atoms with Crippen molar-refractivity contribution in [3.63, 3.8) is 0 Å². The van der Waals surface area contributed by atoms with Crippen molar-refractivity contribution in [2.45, 2.75) is 23.1 Å². The number of carbonyl (C=O) groups excluding carboxylic acids is 3. The number of amides is 3. The average molecular weight is 668 g/mol. The minimum Gasteiger partial charge on any atom is -0.497 e. The molecule has 1 aromatic heterocycles. The van der Waals surface area contributed by atoms with Crippen molar-refractivity contribution >= 4 is 63.0 Å². The van der Waals surface area contributed by atoms with Gasteiger partial charge in [-0.3, -0.25) is 19.2 Å². The van der Waals surface area contributed by atoms with Gasteiger partial charge in [0, 0.05) is 21.9 Å². The van der Waals surface area contributed by atoms with Crippen LogP contribution in [0, 0.1) is 5.92 Å². The zero-order valence-corrected chi connectivity index (χ0v) is 27.0. The van der Waals surface area contributed by atoms with Crippen LogP contribution in [0.2, 0.25) is 0 Å². The lowest BCUT2D eigenvalue weighted by atomic mass is 9.83. The topological polar surface area (TPSA) is 127 Å². The predicted molar refractivity (Wildman–Crippen MR) is 181 cm³/mol. The van der Waals surface area contributed by atoms with E-state index in [1.807, 2.05) is 49.4 Å². The fourth-order valence-electron chi connectivity index (χ4n) is 6.13. The monoisotopic (exact) mass is 667 g/mol. The Kier molecular flexibility index (Phi) is 8.21. The average Bonchev–Trinajstić information content (AvgIpc) is 3.58. The van der Waals surface area contributed by atoms with E-state index >= 15 is 0 Å². The van der Waals surface area contributed by atoms with Gasteiger partial charge in [-0.2, -0.15) is 0 Å². The first-order chi connectivity index (χ1) is 22.9. The Bertz CT molecular complexity index is 2070. The molecule has 0 unspecified atom stereocenters. The maximum Gasteiger partial charge on any atom is 0.305 e. The Labute approximate surface area is 277 Å². The van der Waals surface area contributed by atoms with Crippen molar-refractivity contribution in [1.82, 2.24) is 4.98 Å². The molecule has 2 aliphatic rings. The molecule has 47 heavy (non-hydrogen) atoms. The molecule has 3 heterocycles. The van der Waals surface area contributed by atoms with Crippen LogP contribution in [0.1, 0.15) is 23.3 Å². The largest absolute Gasteiger partial charge is 0.497 e. The van der Waals surface area contributed by atoms with Gasteiger partial charge in [0.25, 0.3) is 5.91 Å². The van der Waals surface area contributed by atoms with Gasteiger partial charge < -0.3 is 24.5 Å². The molecule has 3 atom stereocenters. The van der Waals surface area contributed by atoms with Gasteiger partial charge in [0.1, 0.15) is 11.0 Å². The van der Waals surface area contributed by atoms with E-state index in [-0.39, 0.29) is 29.2 Å². The summed E-state index contributed by atoms with van der Waals surface area (Å²) in [5.41, 5.74) is 1.82. The van der Waals surface area contributed by atoms with Crippen molar-refractivity contribution in [3.8, 4) is 17.2 Å². The highest BCUT2D eigenvalue weighted by Crippen LogP contribution is 2.54. The first kappa shape index (κ1) is 30.6. The molecule has 4 aromatic carbocycles. The number of aromatic amines is 1. The molecule has 2 aliphatic heterocycles. The van der Waals surface area contributed by atoms with Crippen LogP contribution in [0.25, 0.3) is 10.8 Å². The van der Waals surface area contributed by atoms with Crippen LogP contribution < -0.4 is 29.3 Å². The van der Waals surface area contributed by atoms with Crippen molar-refractivity contribution in [2.75, 3.05) is 30.5 Å². The van der Waals surface area contributed by atoms with Gasteiger partial charge in [0.2, 0.25) is 11.8 Å². The van der Waals surface area contributed by atoms with Crippen molar-refractivity contribution < 1.29 is 28.6 Å². The summed E-state index contributed by atoms with van der Waals surface area (Å²) in [7, 11) is 1.55. The van der Waals surface area contributed by atoms with Crippen LogP contribution in [0.5, 0.6) is 17.2 Å². The first-order valence-corrected chi connectivity index (χ1v) is 16.6. The van der Waals surface area contributed by atoms with E-state index in [1.54, 1.807) is 49.6 Å². The van der Waals surface area contributed by atoms with Gasteiger partial charge >= 0.3 is 4.87 Å². The SMILES string of the molecule is CCOc1cc([C@@H]2c3sc(=O)[nH]c3S[C@H]3C(=O)N(c4ccc(OC)cc4)C(=O)[C@@H]23)ccc1OCC(=O)Nc1cccc2ccccc12. The number of H-pyrrole nitrogens is 1. The molecule has 2 N–H and O–H groups in total. The van der Waals surface area contributed by atoms with Gasteiger partial charge in [0.15, 0.2) is 18.1 Å². The predicted octanol–water partition coefficient (Wildman–Crippen LogP) is 5.81. The summed E-state index contributed by atoms with van der Waals surface area (Å²) in [6, 6.07) is 25.5. The number of nitrogens with one attached hydrogen (secondary N) is 2. The molecule has 0 aliphatic carbocycles. The summed E-state index contributed by atoms with van der Waals surface area (Å²) in [5, 5.41) is 4.69. The molecule has 7 rings (SSSR count). The molecular formula is C35H29N3O7S2. The van der Waals surface area contributed by atoms with Crippen LogP contribution in [-0.2, 0) is 14.4 Å². The molecule has 12 heteroatoms. The van der Waals surface area contributed by atoms with Crippen LogP contribution in [0.4, 0.5) is 11.4 Å².